The first-order valence-corrected chi connectivity index (χ1v) is 17.1. The van der Waals surface area contributed by atoms with Crippen LogP contribution < -0.4 is 0 Å². The topological polar surface area (TPSA) is 23.0 Å². The van der Waals surface area contributed by atoms with Crippen LogP contribution in [0, 0.1) is 0 Å². The van der Waals surface area contributed by atoms with Crippen molar-refractivity contribution >= 4 is 43.6 Å². The summed E-state index contributed by atoms with van der Waals surface area (Å²) in [5.41, 5.74) is 8.99. The van der Waals surface area contributed by atoms with E-state index in [1.165, 1.54) is 54.7 Å². The molecule has 3 aromatic heterocycles. The van der Waals surface area contributed by atoms with Crippen LogP contribution in [0.3, 0.4) is 0 Å². The molecule has 9 aromatic rings. The van der Waals surface area contributed by atoms with Gasteiger partial charge in [-0.1, -0.05) is 97.1 Å². The fourth-order valence-electron chi connectivity index (χ4n) is 7.75. The van der Waals surface area contributed by atoms with Gasteiger partial charge in [0, 0.05) is 43.7 Å². The summed E-state index contributed by atoms with van der Waals surface area (Å²) in [5.74, 6) is 1.92. The van der Waals surface area contributed by atoms with Gasteiger partial charge in [-0.05, 0) is 99.5 Å². The van der Waals surface area contributed by atoms with Gasteiger partial charge in [0.05, 0.1) is 22.1 Å². The molecule has 0 atom stereocenters. The van der Waals surface area contributed by atoms with Crippen LogP contribution in [0.5, 0.6) is 0 Å². The Labute approximate surface area is 286 Å². The van der Waals surface area contributed by atoms with E-state index in [1.807, 2.05) is 0 Å². The maximum absolute atomic E-state index is 6.75. The van der Waals surface area contributed by atoms with Crippen molar-refractivity contribution in [1.82, 2.24) is 9.13 Å². The molecule has 9 rings (SSSR count). The zero-order chi connectivity index (χ0) is 33.3. The van der Waals surface area contributed by atoms with E-state index in [9.17, 15) is 0 Å². The second-order valence-corrected chi connectivity index (χ2v) is 14.2. The smallest absolute Gasteiger partial charge is 0.114 e. The number of fused-ring (bicyclic) bond motifs is 6. The lowest BCUT2D eigenvalue weighted by molar-refractivity contribution is 0.364. The van der Waals surface area contributed by atoms with E-state index in [-0.39, 0.29) is 10.8 Å². The molecular formula is C46H38N2O. The van der Waals surface area contributed by atoms with Crippen molar-refractivity contribution < 1.29 is 4.42 Å². The number of furan rings is 1. The molecule has 0 bridgehead atoms. The van der Waals surface area contributed by atoms with Gasteiger partial charge in [-0.3, -0.25) is 0 Å². The van der Waals surface area contributed by atoms with Crippen LogP contribution in [-0.4, -0.2) is 9.13 Å². The zero-order valence-electron chi connectivity index (χ0n) is 28.3. The van der Waals surface area contributed by atoms with Crippen LogP contribution in [-0.2, 0) is 10.8 Å². The molecule has 49 heavy (non-hydrogen) atoms. The lowest BCUT2D eigenvalue weighted by Gasteiger charge is -2.26. The molecule has 0 spiro atoms. The molecule has 0 aliphatic carbocycles. The van der Waals surface area contributed by atoms with Gasteiger partial charge in [0.2, 0.25) is 0 Å². The standard InChI is InChI=1S/C46H38N2O/c1-45(2,31-21-25-33(26-22-31)47-39-17-9-5-13-35(39)36-14-6-10-18-40(36)47)43-29-30-44(49-43)46(3,4)32-23-27-34(28-24-32)48-41-19-11-7-15-37(41)38-16-8-12-20-42(38)48/h5-30H,1-4H3. The summed E-state index contributed by atoms with van der Waals surface area (Å²) in [6.07, 6.45) is 0. The monoisotopic (exact) mass is 634 g/mol. The Morgan fingerprint density at radius 2 is 0.633 bits per heavy atom. The molecule has 0 saturated heterocycles. The Hall–Kier alpha value is -5.80. The SMILES string of the molecule is CC(C)(c1ccc(-n2c3ccccc3c3ccccc32)cc1)c1ccc(C(C)(C)c2ccc(-n3c4ccccc4c4ccccc43)cc2)o1. The van der Waals surface area contributed by atoms with Crippen molar-refractivity contribution in [3.05, 3.63) is 180 Å². The quantitative estimate of drug-likeness (QED) is 0.178. The van der Waals surface area contributed by atoms with Crippen molar-refractivity contribution in [3.63, 3.8) is 0 Å². The Balaban J connectivity index is 1.02. The van der Waals surface area contributed by atoms with E-state index >= 15 is 0 Å². The van der Waals surface area contributed by atoms with Gasteiger partial charge in [-0.2, -0.15) is 0 Å². The first-order valence-electron chi connectivity index (χ1n) is 17.1. The lowest BCUT2D eigenvalue weighted by Crippen LogP contribution is -2.20. The van der Waals surface area contributed by atoms with E-state index in [1.54, 1.807) is 0 Å². The molecule has 6 aromatic carbocycles. The molecule has 238 valence electrons. The number of rotatable bonds is 6. The highest BCUT2D eigenvalue weighted by molar-refractivity contribution is 6.10. The van der Waals surface area contributed by atoms with Crippen LogP contribution in [0.4, 0.5) is 0 Å². The van der Waals surface area contributed by atoms with Gasteiger partial charge in [-0.15, -0.1) is 0 Å². The second-order valence-electron chi connectivity index (χ2n) is 14.2. The first kappa shape index (κ1) is 29.3. The summed E-state index contributed by atoms with van der Waals surface area (Å²) >= 11 is 0. The number of aromatic nitrogens is 2. The van der Waals surface area contributed by atoms with Crippen LogP contribution in [0.1, 0.15) is 50.3 Å². The normalized spacial score (nSPS) is 12.5. The Kier molecular flexibility index (Phi) is 6.51. The van der Waals surface area contributed by atoms with Crippen molar-refractivity contribution in [2.24, 2.45) is 0 Å². The van der Waals surface area contributed by atoms with Gasteiger partial charge in [0.25, 0.3) is 0 Å². The van der Waals surface area contributed by atoms with Gasteiger partial charge in [0.15, 0.2) is 0 Å². The molecule has 0 aliphatic rings. The summed E-state index contributed by atoms with van der Waals surface area (Å²) in [7, 11) is 0. The predicted octanol–water partition coefficient (Wildman–Crippen LogP) is 12.1. The van der Waals surface area contributed by atoms with Crippen molar-refractivity contribution in [2.75, 3.05) is 0 Å². The number of para-hydroxylation sites is 4. The average molecular weight is 635 g/mol. The van der Waals surface area contributed by atoms with Crippen LogP contribution in [0.25, 0.3) is 55.0 Å². The summed E-state index contributed by atoms with van der Waals surface area (Å²) in [6, 6.07) is 56.9. The maximum Gasteiger partial charge on any atom is 0.114 e. The highest BCUT2D eigenvalue weighted by Gasteiger charge is 2.32. The third-order valence-electron chi connectivity index (χ3n) is 10.7. The van der Waals surface area contributed by atoms with Crippen molar-refractivity contribution in [3.8, 4) is 11.4 Å². The molecule has 0 unspecified atom stereocenters. The number of hydrogen-bond acceptors (Lipinski definition) is 1. The highest BCUT2D eigenvalue weighted by Crippen LogP contribution is 2.40. The fourth-order valence-corrected chi connectivity index (χ4v) is 7.75. The molecule has 0 aliphatic heterocycles. The minimum Gasteiger partial charge on any atom is -0.464 e. The van der Waals surface area contributed by atoms with Crippen LogP contribution in [0.2, 0.25) is 0 Å². The lowest BCUT2D eigenvalue weighted by atomic mass is 9.82. The van der Waals surface area contributed by atoms with Gasteiger partial charge >= 0.3 is 0 Å². The molecule has 0 amide bonds. The van der Waals surface area contributed by atoms with Crippen molar-refractivity contribution in [2.45, 2.75) is 38.5 Å². The van der Waals surface area contributed by atoms with Crippen LogP contribution >= 0.6 is 0 Å². The molecule has 0 fully saturated rings. The summed E-state index contributed by atoms with van der Waals surface area (Å²) in [5, 5.41) is 5.09. The van der Waals surface area contributed by atoms with Gasteiger partial charge in [0.1, 0.15) is 11.5 Å². The molecular weight excluding hydrogens is 597 g/mol. The largest absolute Gasteiger partial charge is 0.464 e. The number of benzene rings is 6. The second kappa shape index (κ2) is 10.9. The maximum atomic E-state index is 6.75. The molecule has 0 saturated carbocycles. The first-order chi connectivity index (χ1) is 23.8. The summed E-state index contributed by atoms with van der Waals surface area (Å²) in [6.45, 7) is 8.99. The van der Waals surface area contributed by atoms with E-state index in [4.69, 9.17) is 4.42 Å². The third kappa shape index (κ3) is 4.49. The van der Waals surface area contributed by atoms with Gasteiger partial charge in [-0.25, -0.2) is 0 Å². The minimum atomic E-state index is -0.311. The van der Waals surface area contributed by atoms with Crippen LogP contribution in [0.15, 0.2) is 162 Å². The van der Waals surface area contributed by atoms with E-state index < -0.39 is 0 Å². The summed E-state index contributed by atoms with van der Waals surface area (Å²) < 4.78 is 11.5. The molecule has 0 radical (unpaired) electrons. The van der Waals surface area contributed by atoms with E-state index in [0.29, 0.717) is 0 Å². The van der Waals surface area contributed by atoms with E-state index in [0.717, 1.165) is 22.9 Å². The van der Waals surface area contributed by atoms with Crippen molar-refractivity contribution in [1.29, 1.82) is 0 Å². The zero-order valence-corrected chi connectivity index (χ0v) is 28.3. The number of hydrogen-bond donors (Lipinski definition) is 0. The van der Waals surface area contributed by atoms with E-state index in [2.05, 4.69) is 195 Å². The Morgan fingerprint density at radius 1 is 0.347 bits per heavy atom. The average Bonchev–Trinajstić information content (AvgIpc) is 3.86. The molecule has 3 nitrogen and oxygen atoms in total. The molecule has 3 heteroatoms. The Morgan fingerprint density at radius 3 is 0.939 bits per heavy atom. The third-order valence-corrected chi connectivity index (χ3v) is 10.7. The fraction of sp³-hybridized carbons (Fsp3) is 0.130. The summed E-state index contributed by atoms with van der Waals surface area (Å²) in [4.78, 5) is 0. The number of nitrogens with zero attached hydrogens (tertiary/aromatic N) is 2. The highest BCUT2D eigenvalue weighted by atomic mass is 16.3. The molecule has 3 heterocycles. The van der Waals surface area contributed by atoms with Gasteiger partial charge < -0.3 is 13.6 Å². The minimum absolute atomic E-state index is 0.311. The Bertz CT molecular complexity index is 2350. The molecule has 0 N–H and O–H groups in total. The predicted molar refractivity (Wildman–Crippen MR) is 205 cm³/mol.